The Morgan fingerprint density at radius 3 is 2.12 bits per heavy atom. The molecule has 1 amide bonds. The van der Waals surface area contributed by atoms with Crippen LogP contribution in [0.5, 0.6) is 0 Å². The number of nitrogens with one attached hydrogen (secondary N) is 2. The number of aromatic nitrogens is 2. The molecule has 0 saturated heterocycles. The third-order valence-corrected chi connectivity index (χ3v) is 5.78. The van der Waals surface area contributed by atoms with Gasteiger partial charge in [0.05, 0.1) is 10.5 Å². The van der Waals surface area contributed by atoms with E-state index in [1.807, 2.05) is 0 Å². The standard InChI is InChI=1S/C22H23N5O5S/c1-13-12-14(2)25-22(24-13)27-33(30,31)19-10-8-18(9-11-19)26-20(28)15(3)32-21(29)16-4-6-17(23)7-5-16/h4-12,15H,23H2,1-3H3,(H,26,28)(H,24,25,27). The van der Waals surface area contributed by atoms with Gasteiger partial charge in [0.15, 0.2) is 6.10 Å². The molecule has 1 aromatic heterocycles. The lowest BCUT2D eigenvalue weighted by Gasteiger charge is -2.14. The van der Waals surface area contributed by atoms with Crippen molar-refractivity contribution in [3.8, 4) is 0 Å². The first kappa shape index (κ1) is 23.7. The molecule has 4 N–H and O–H groups in total. The van der Waals surface area contributed by atoms with Crippen LogP contribution in [-0.4, -0.2) is 36.4 Å². The minimum absolute atomic E-state index is 0.0263. The van der Waals surface area contributed by atoms with E-state index in [1.165, 1.54) is 43.3 Å². The van der Waals surface area contributed by atoms with Crippen LogP contribution in [0, 0.1) is 13.8 Å². The van der Waals surface area contributed by atoms with E-state index < -0.39 is 28.0 Å². The third-order valence-electron chi connectivity index (χ3n) is 4.44. The quantitative estimate of drug-likeness (QED) is 0.352. The molecule has 10 nitrogen and oxygen atoms in total. The summed E-state index contributed by atoms with van der Waals surface area (Å²) in [5.41, 5.74) is 7.94. The van der Waals surface area contributed by atoms with Crippen LogP contribution in [-0.2, 0) is 19.6 Å². The molecule has 0 bridgehead atoms. The van der Waals surface area contributed by atoms with E-state index in [0.29, 0.717) is 22.8 Å². The van der Waals surface area contributed by atoms with Gasteiger partial charge in [-0.15, -0.1) is 0 Å². The van der Waals surface area contributed by atoms with Gasteiger partial charge in [-0.3, -0.25) is 4.79 Å². The first-order valence-electron chi connectivity index (χ1n) is 9.86. The number of nitrogens with zero attached hydrogens (tertiary/aromatic N) is 2. The third kappa shape index (κ3) is 6.26. The Bertz CT molecular complexity index is 1260. The van der Waals surface area contributed by atoms with E-state index in [4.69, 9.17) is 10.5 Å². The van der Waals surface area contributed by atoms with E-state index in [1.54, 1.807) is 32.0 Å². The van der Waals surface area contributed by atoms with Crippen molar-refractivity contribution in [2.45, 2.75) is 31.8 Å². The summed E-state index contributed by atoms with van der Waals surface area (Å²) in [5, 5.41) is 2.57. The summed E-state index contributed by atoms with van der Waals surface area (Å²) in [6, 6.07) is 13.3. The second-order valence-electron chi connectivity index (χ2n) is 7.26. The molecule has 1 heterocycles. The lowest BCUT2D eigenvalue weighted by Crippen LogP contribution is -2.30. The van der Waals surface area contributed by atoms with E-state index >= 15 is 0 Å². The van der Waals surface area contributed by atoms with Crippen LogP contribution in [0.3, 0.4) is 0 Å². The summed E-state index contributed by atoms with van der Waals surface area (Å²) < 4.78 is 32.7. The fraction of sp³-hybridized carbons (Fsp3) is 0.182. The Labute approximate surface area is 191 Å². The molecule has 0 fully saturated rings. The monoisotopic (exact) mass is 469 g/mol. The zero-order chi connectivity index (χ0) is 24.2. The highest BCUT2D eigenvalue weighted by molar-refractivity contribution is 7.92. The van der Waals surface area contributed by atoms with E-state index in [-0.39, 0.29) is 16.4 Å². The predicted molar refractivity (Wildman–Crippen MR) is 123 cm³/mol. The van der Waals surface area contributed by atoms with Crippen molar-refractivity contribution in [2.75, 3.05) is 15.8 Å². The van der Waals surface area contributed by atoms with Gasteiger partial charge in [-0.05, 0) is 75.4 Å². The fourth-order valence-corrected chi connectivity index (χ4v) is 3.76. The number of aryl methyl sites for hydroxylation is 2. The molecule has 0 aliphatic carbocycles. The molecule has 0 aliphatic rings. The number of hydrogen-bond acceptors (Lipinski definition) is 8. The minimum Gasteiger partial charge on any atom is -0.449 e. The smallest absolute Gasteiger partial charge is 0.338 e. The van der Waals surface area contributed by atoms with Crippen molar-refractivity contribution in [3.05, 3.63) is 71.5 Å². The molecule has 0 radical (unpaired) electrons. The number of carbonyl (C=O) groups excluding carboxylic acids is 2. The van der Waals surface area contributed by atoms with Gasteiger partial charge in [-0.1, -0.05) is 0 Å². The number of sulfonamides is 1. The summed E-state index contributed by atoms with van der Waals surface area (Å²) in [5.74, 6) is -1.27. The van der Waals surface area contributed by atoms with Crippen LogP contribution in [0.25, 0.3) is 0 Å². The Balaban J connectivity index is 1.62. The average Bonchev–Trinajstić information content (AvgIpc) is 2.73. The zero-order valence-corrected chi connectivity index (χ0v) is 19.0. The van der Waals surface area contributed by atoms with Crippen molar-refractivity contribution in [3.63, 3.8) is 0 Å². The lowest BCUT2D eigenvalue weighted by molar-refractivity contribution is -0.123. The Kier molecular flexibility index (Phi) is 6.92. The summed E-state index contributed by atoms with van der Waals surface area (Å²) in [6.07, 6.45) is -1.08. The topological polar surface area (TPSA) is 153 Å². The number of benzene rings is 2. The number of rotatable bonds is 7. The van der Waals surface area contributed by atoms with Crippen molar-refractivity contribution in [2.24, 2.45) is 0 Å². The van der Waals surface area contributed by atoms with Crippen molar-refractivity contribution < 1.29 is 22.7 Å². The maximum atomic E-state index is 12.6. The molecule has 172 valence electrons. The molecule has 0 spiro atoms. The van der Waals surface area contributed by atoms with Gasteiger partial charge in [0.1, 0.15) is 0 Å². The van der Waals surface area contributed by atoms with E-state index in [2.05, 4.69) is 20.0 Å². The van der Waals surface area contributed by atoms with Crippen LogP contribution < -0.4 is 15.8 Å². The number of nitrogens with two attached hydrogens (primary N) is 1. The van der Waals surface area contributed by atoms with Gasteiger partial charge in [0.2, 0.25) is 5.95 Å². The highest BCUT2D eigenvalue weighted by Crippen LogP contribution is 2.18. The first-order valence-corrected chi connectivity index (χ1v) is 11.3. The summed E-state index contributed by atoms with van der Waals surface area (Å²) in [4.78, 5) is 32.6. The molecule has 3 aromatic rings. The minimum atomic E-state index is -3.92. The lowest BCUT2D eigenvalue weighted by atomic mass is 10.2. The molecule has 3 rings (SSSR count). The van der Waals surface area contributed by atoms with Gasteiger partial charge < -0.3 is 15.8 Å². The SMILES string of the molecule is Cc1cc(C)nc(NS(=O)(=O)c2ccc(NC(=O)C(C)OC(=O)c3ccc(N)cc3)cc2)n1. The number of carbonyl (C=O) groups is 2. The van der Waals surface area contributed by atoms with E-state index in [0.717, 1.165) is 0 Å². The zero-order valence-electron chi connectivity index (χ0n) is 18.2. The predicted octanol–water partition coefficient (Wildman–Crippen LogP) is 2.66. The Hall–Kier alpha value is -3.99. The maximum absolute atomic E-state index is 12.6. The first-order chi connectivity index (χ1) is 15.5. The fourth-order valence-electron chi connectivity index (χ4n) is 2.81. The number of amides is 1. The maximum Gasteiger partial charge on any atom is 0.338 e. The summed E-state index contributed by atoms with van der Waals surface area (Å²) in [7, 11) is -3.92. The molecule has 0 saturated carbocycles. The van der Waals surface area contributed by atoms with Crippen LogP contribution in [0.15, 0.2) is 59.5 Å². The molecule has 1 atom stereocenters. The molecule has 33 heavy (non-hydrogen) atoms. The van der Waals surface area contributed by atoms with Gasteiger partial charge in [0, 0.05) is 22.8 Å². The molecular formula is C22H23N5O5S. The second kappa shape index (κ2) is 9.65. The van der Waals surface area contributed by atoms with Crippen molar-refractivity contribution in [1.82, 2.24) is 9.97 Å². The van der Waals surface area contributed by atoms with E-state index in [9.17, 15) is 18.0 Å². The Morgan fingerprint density at radius 2 is 1.55 bits per heavy atom. The molecule has 2 aromatic carbocycles. The van der Waals surface area contributed by atoms with Crippen LogP contribution >= 0.6 is 0 Å². The molecule has 1 unspecified atom stereocenters. The van der Waals surface area contributed by atoms with Crippen molar-refractivity contribution >= 4 is 39.2 Å². The van der Waals surface area contributed by atoms with Gasteiger partial charge in [0.25, 0.3) is 15.9 Å². The van der Waals surface area contributed by atoms with Gasteiger partial charge in [-0.25, -0.2) is 27.9 Å². The van der Waals surface area contributed by atoms with Crippen LogP contribution in [0.2, 0.25) is 0 Å². The number of hydrogen-bond donors (Lipinski definition) is 3. The number of anilines is 3. The number of nitrogen functional groups attached to an aromatic ring is 1. The number of ether oxygens (including phenoxy) is 1. The summed E-state index contributed by atoms with van der Waals surface area (Å²) >= 11 is 0. The Morgan fingerprint density at radius 1 is 0.970 bits per heavy atom. The van der Waals surface area contributed by atoms with Crippen LogP contribution in [0.4, 0.5) is 17.3 Å². The van der Waals surface area contributed by atoms with Gasteiger partial charge in [-0.2, -0.15) is 0 Å². The van der Waals surface area contributed by atoms with Gasteiger partial charge >= 0.3 is 5.97 Å². The molecule has 11 heteroatoms. The van der Waals surface area contributed by atoms with Crippen LogP contribution in [0.1, 0.15) is 28.7 Å². The highest BCUT2D eigenvalue weighted by Gasteiger charge is 2.20. The number of esters is 1. The highest BCUT2D eigenvalue weighted by atomic mass is 32.2. The molecule has 0 aliphatic heterocycles. The average molecular weight is 470 g/mol. The van der Waals surface area contributed by atoms with Crippen molar-refractivity contribution in [1.29, 1.82) is 0 Å². The second-order valence-corrected chi connectivity index (χ2v) is 8.95. The normalized spacial score (nSPS) is 12.0. The largest absolute Gasteiger partial charge is 0.449 e. The summed E-state index contributed by atoms with van der Waals surface area (Å²) in [6.45, 7) is 4.90. The molecular weight excluding hydrogens is 446 g/mol.